The van der Waals surface area contributed by atoms with Crippen molar-refractivity contribution >= 4 is 15.9 Å². The number of amides is 1. The molecule has 0 aromatic rings. The summed E-state index contributed by atoms with van der Waals surface area (Å²) in [6.45, 7) is 6.28. The van der Waals surface area contributed by atoms with Gasteiger partial charge in [0.25, 0.3) is 5.92 Å². The van der Waals surface area contributed by atoms with Gasteiger partial charge in [0.1, 0.15) is 5.60 Å². The molecule has 0 fully saturated rings. The van der Waals surface area contributed by atoms with Crippen molar-refractivity contribution in [3.8, 4) is 0 Å². The van der Waals surface area contributed by atoms with Crippen LogP contribution >= 0.6 is 0 Å². The molecular weight excluding hydrogens is 318 g/mol. The number of ether oxygens (including phenoxy) is 1. The summed E-state index contributed by atoms with van der Waals surface area (Å²) in [7, 11) is -3.23. The molecule has 1 amide bonds. The first-order chi connectivity index (χ1) is 9.76. The van der Waals surface area contributed by atoms with E-state index in [1.165, 1.54) is 13.8 Å². The fraction of sp³-hybridized carbons (Fsp3) is 0.923. The first-order valence-corrected chi connectivity index (χ1v) is 8.87. The van der Waals surface area contributed by atoms with Crippen LogP contribution in [0.1, 0.15) is 34.6 Å². The van der Waals surface area contributed by atoms with Crippen LogP contribution in [0.4, 0.5) is 13.6 Å². The summed E-state index contributed by atoms with van der Waals surface area (Å²) >= 11 is 0. The number of carbonyl (C=O) groups is 1. The number of carbonyl (C=O) groups excluding carboxylic acids is 1. The first-order valence-electron chi connectivity index (χ1n) is 7.05. The largest absolute Gasteiger partial charge is 0.444 e. The number of rotatable bonds is 8. The number of nitrogens with one attached hydrogen (secondary N) is 2. The Bertz CT molecular complexity index is 461. The standard InChI is InChI=1S/C13H26F2N2O4S/c1-6-22(19,20)7-10(2)16-8-13(14,15)9-17-11(18)21-12(3,4)5/h10,16H,6-9H2,1-5H3,(H,17,18). The fourth-order valence-corrected chi connectivity index (χ4v) is 2.57. The molecule has 0 saturated heterocycles. The Kier molecular flexibility index (Phi) is 7.70. The van der Waals surface area contributed by atoms with Crippen molar-refractivity contribution in [2.45, 2.75) is 52.2 Å². The van der Waals surface area contributed by atoms with Crippen molar-refractivity contribution in [2.75, 3.05) is 24.6 Å². The van der Waals surface area contributed by atoms with Gasteiger partial charge in [-0.05, 0) is 27.7 Å². The zero-order valence-corrected chi connectivity index (χ0v) is 14.5. The van der Waals surface area contributed by atoms with Gasteiger partial charge in [-0.1, -0.05) is 6.92 Å². The maximum atomic E-state index is 13.6. The lowest BCUT2D eigenvalue weighted by Crippen LogP contribution is -2.47. The minimum Gasteiger partial charge on any atom is -0.444 e. The lowest BCUT2D eigenvalue weighted by molar-refractivity contribution is -0.00478. The van der Waals surface area contributed by atoms with Gasteiger partial charge in [0.2, 0.25) is 0 Å². The lowest BCUT2D eigenvalue weighted by atomic mass is 10.2. The molecule has 6 nitrogen and oxygen atoms in total. The van der Waals surface area contributed by atoms with E-state index in [0.717, 1.165) is 0 Å². The summed E-state index contributed by atoms with van der Waals surface area (Å²) in [4.78, 5) is 11.3. The van der Waals surface area contributed by atoms with Crippen LogP contribution in [0.25, 0.3) is 0 Å². The van der Waals surface area contributed by atoms with E-state index in [9.17, 15) is 22.0 Å². The van der Waals surface area contributed by atoms with Crippen LogP contribution < -0.4 is 10.6 Å². The van der Waals surface area contributed by atoms with Gasteiger partial charge in [0.05, 0.1) is 18.8 Å². The number of hydrogen-bond acceptors (Lipinski definition) is 5. The third kappa shape index (κ3) is 10.7. The van der Waals surface area contributed by atoms with Crippen LogP contribution in [-0.4, -0.2) is 56.7 Å². The zero-order valence-electron chi connectivity index (χ0n) is 13.7. The van der Waals surface area contributed by atoms with Crippen LogP contribution in [-0.2, 0) is 14.6 Å². The third-order valence-electron chi connectivity index (χ3n) is 2.54. The van der Waals surface area contributed by atoms with E-state index < -0.39 is 46.6 Å². The second-order valence-corrected chi connectivity index (χ2v) is 8.59. The van der Waals surface area contributed by atoms with Crippen molar-refractivity contribution in [1.82, 2.24) is 10.6 Å². The average molecular weight is 344 g/mol. The third-order valence-corrected chi connectivity index (χ3v) is 4.43. The van der Waals surface area contributed by atoms with Gasteiger partial charge in [-0.2, -0.15) is 0 Å². The molecule has 0 aliphatic rings. The van der Waals surface area contributed by atoms with Crippen LogP contribution in [0.3, 0.4) is 0 Å². The summed E-state index contributed by atoms with van der Waals surface area (Å²) in [6, 6.07) is -0.600. The highest BCUT2D eigenvalue weighted by atomic mass is 32.2. The van der Waals surface area contributed by atoms with Gasteiger partial charge in [0, 0.05) is 11.8 Å². The van der Waals surface area contributed by atoms with Crippen LogP contribution in [0, 0.1) is 0 Å². The maximum Gasteiger partial charge on any atom is 0.407 e. The highest BCUT2D eigenvalue weighted by Gasteiger charge is 2.31. The van der Waals surface area contributed by atoms with Gasteiger partial charge in [0.15, 0.2) is 9.84 Å². The fourth-order valence-electron chi connectivity index (χ4n) is 1.46. The van der Waals surface area contributed by atoms with E-state index in [-0.39, 0.29) is 11.5 Å². The molecule has 0 aromatic carbocycles. The van der Waals surface area contributed by atoms with E-state index in [2.05, 4.69) is 5.32 Å². The van der Waals surface area contributed by atoms with E-state index in [1.54, 1.807) is 20.8 Å². The summed E-state index contributed by atoms with van der Waals surface area (Å²) in [6.07, 6.45) is -0.922. The number of halogens is 2. The van der Waals surface area contributed by atoms with Gasteiger partial charge in [-0.3, -0.25) is 0 Å². The Balaban J connectivity index is 4.22. The van der Waals surface area contributed by atoms with Crippen LogP contribution in [0.5, 0.6) is 0 Å². The monoisotopic (exact) mass is 344 g/mol. The zero-order chi connectivity index (χ0) is 17.6. The SMILES string of the molecule is CCS(=O)(=O)CC(C)NCC(F)(F)CNC(=O)OC(C)(C)C. The summed E-state index contributed by atoms with van der Waals surface area (Å²) in [5, 5.41) is 4.46. The van der Waals surface area contributed by atoms with E-state index >= 15 is 0 Å². The molecule has 0 aliphatic carbocycles. The topological polar surface area (TPSA) is 84.5 Å². The van der Waals surface area contributed by atoms with E-state index in [0.29, 0.717) is 0 Å². The molecule has 0 aliphatic heterocycles. The van der Waals surface area contributed by atoms with Gasteiger partial charge in [-0.25, -0.2) is 22.0 Å². The molecule has 0 radical (unpaired) electrons. The number of sulfone groups is 1. The molecule has 2 N–H and O–H groups in total. The predicted molar refractivity (Wildman–Crippen MR) is 81.0 cm³/mol. The smallest absolute Gasteiger partial charge is 0.407 e. The van der Waals surface area contributed by atoms with Crippen molar-refractivity contribution < 1.29 is 26.7 Å². The van der Waals surface area contributed by atoms with Crippen molar-refractivity contribution in [1.29, 1.82) is 0 Å². The van der Waals surface area contributed by atoms with Gasteiger partial charge >= 0.3 is 6.09 Å². The van der Waals surface area contributed by atoms with Crippen molar-refractivity contribution in [2.24, 2.45) is 0 Å². The highest BCUT2D eigenvalue weighted by molar-refractivity contribution is 7.91. The Labute approximate surface area is 130 Å². The first kappa shape index (κ1) is 21.0. The van der Waals surface area contributed by atoms with Crippen LogP contribution in [0.15, 0.2) is 0 Å². The quantitative estimate of drug-likeness (QED) is 0.698. The molecule has 9 heteroatoms. The predicted octanol–water partition coefficient (Wildman–Crippen LogP) is 1.56. The number of alkyl halides is 2. The molecule has 0 bridgehead atoms. The lowest BCUT2D eigenvalue weighted by Gasteiger charge is -2.23. The van der Waals surface area contributed by atoms with Crippen molar-refractivity contribution in [3.05, 3.63) is 0 Å². The Morgan fingerprint density at radius 3 is 2.23 bits per heavy atom. The molecular formula is C13H26F2N2O4S. The number of hydrogen-bond donors (Lipinski definition) is 2. The second kappa shape index (κ2) is 8.05. The van der Waals surface area contributed by atoms with Gasteiger partial charge < -0.3 is 15.4 Å². The van der Waals surface area contributed by atoms with E-state index in [1.807, 2.05) is 5.32 Å². The van der Waals surface area contributed by atoms with Gasteiger partial charge in [-0.15, -0.1) is 0 Å². The molecule has 1 unspecified atom stereocenters. The molecule has 0 heterocycles. The summed E-state index contributed by atoms with van der Waals surface area (Å²) < 4.78 is 54.8. The maximum absolute atomic E-state index is 13.6. The Morgan fingerprint density at radius 1 is 1.23 bits per heavy atom. The highest BCUT2D eigenvalue weighted by Crippen LogP contribution is 2.12. The molecule has 132 valence electrons. The average Bonchev–Trinajstić information content (AvgIpc) is 2.32. The summed E-state index contributed by atoms with van der Waals surface area (Å²) in [5.41, 5.74) is -0.763. The number of alkyl carbamates (subject to hydrolysis) is 1. The minimum atomic E-state index is -3.23. The van der Waals surface area contributed by atoms with E-state index in [4.69, 9.17) is 4.74 Å². The normalized spacial score (nSPS) is 14.5. The molecule has 1 atom stereocenters. The Morgan fingerprint density at radius 2 is 1.77 bits per heavy atom. The molecule has 0 saturated carbocycles. The van der Waals surface area contributed by atoms with Crippen LogP contribution in [0.2, 0.25) is 0 Å². The molecule has 22 heavy (non-hydrogen) atoms. The second-order valence-electron chi connectivity index (χ2n) is 6.19. The summed E-state index contributed by atoms with van der Waals surface area (Å²) in [5.74, 6) is -3.45. The Hall–Kier alpha value is -0.960. The molecule has 0 aromatic heterocycles. The van der Waals surface area contributed by atoms with Crippen molar-refractivity contribution in [3.63, 3.8) is 0 Å². The minimum absolute atomic E-state index is 0.0321. The molecule has 0 spiro atoms. The molecule has 0 rings (SSSR count).